The number of thiazole rings is 1. The Morgan fingerprint density at radius 1 is 0.341 bits per heavy atom. The number of hydrogen-bond acceptors (Lipinski definition) is 8. The predicted molar refractivity (Wildman–Crippen MR) is 538 cm³/mol. The van der Waals surface area contributed by atoms with Gasteiger partial charge >= 0.3 is 0 Å². The van der Waals surface area contributed by atoms with E-state index in [1.807, 2.05) is 144 Å². The van der Waals surface area contributed by atoms with Crippen molar-refractivity contribution in [3.05, 3.63) is 309 Å². The maximum atomic E-state index is 13.5. The fourth-order valence-corrected chi connectivity index (χ4v) is 11.8. The van der Waals surface area contributed by atoms with Crippen LogP contribution in [0.3, 0.4) is 0 Å². The number of pyridine rings is 4. The lowest BCUT2D eigenvalue weighted by Crippen LogP contribution is -2.13. The Balaban J connectivity index is -0.000000308. The molecule has 7 nitrogen and oxygen atoms in total. The molecule has 10 rings (SSSR count). The minimum atomic E-state index is -0.734. The SMILES string of the molecule is C.C.C.C.C.C.Cc1cc(C(C)(C)C)cc(F)c1CF.Cc1cc(C(C)(C)C)cc(F)c1CO.Cc1cc(C(C)(C)C)ccc1CO.Cc1cc(C(C)(C)C)ccn1.Cc1cc(F)cc(C(C)(C)C)c1.Cc1cccc(C(C)(C)C)n1.Cc1cccc(C(C)C)c1.Cc1ccnc(C(C)(C)C)c1.Cc1cncc(C(C)(C)C)c1.Cc1csc(C(C)(C)C)n1. The van der Waals surface area contributed by atoms with Gasteiger partial charge in [-0.15, -0.1) is 11.3 Å². The van der Waals surface area contributed by atoms with Gasteiger partial charge < -0.3 is 10.2 Å². The van der Waals surface area contributed by atoms with Crippen LogP contribution in [0.2, 0.25) is 0 Å². The van der Waals surface area contributed by atoms with Gasteiger partial charge in [0.15, 0.2) is 0 Å². The van der Waals surface area contributed by atoms with Crippen LogP contribution in [0.25, 0.3) is 0 Å². The average Bonchev–Trinajstić information content (AvgIpc) is 1.47. The highest BCUT2D eigenvalue weighted by Gasteiger charge is 2.23. The lowest BCUT2D eigenvalue weighted by Gasteiger charge is -2.20. The summed E-state index contributed by atoms with van der Waals surface area (Å²) >= 11 is 1.75. The largest absolute Gasteiger partial charge is 0.392 e. The van der Waals surface area contributed by atoms with E-state index in [0.717, 1.165) is 61.9 Å². The predicted octanol–water partition coefficient (Wildman–Crippen LogP) is 33.5. The highest BCUT2D eigenvalue weighted by molar-refractivity contribution is 7.09. The number of halogens is 4. The third-order valence-corrected chi connectivity index (χ3v) is 20.3. The molecule has 0 fully saturated rings. The summed E-state index contributed by atoms with van der Waals surface area (Å²) in [6.45, 7) is 81.3. The van der Waals surface area contributed by atoms with Crippen LogP contribution in [-0.2, 0) is 68.6 Å². The lowest BCUT2D eigenvalue weighted by atomic mass is 9.85. The zero-order chi connectivity index (χ0) is 90.5. The maximum absolute atomic E-state index is 13.5. The first-order chi connectivity index (χ1) is 53.3. The Morgan fingerprint density at radius 2 is 0.780 bits per heavy atom. The third-order valence-electron chi connectivity index (χ3n) is 19.0. The van der Waals surface area contributed by atoms with Gasteiger partial charge in [0.1, 0.15) is 24.1 Å². The van der Waals surface area contributed by atoms with Gasteiger partial charge in [-0.1, -0.05) is 324 Å². The first kappa shape index (κ1) is 126. The molecule has 0 radical (unpaired) electrons. The molecule has 692 valence electrons. The van der Waals surface area contributed by atoms with Gasteiger partial charge in [0.05, 0.1) is 18.2 Å². The molecule has 0 bridgehead atoms. The number of rotatable bonds is 4. The Bertz CT molecular complexity index is 4260. The quantitative estimate of drug-likeness (QED) is 0.169. The van der Waals surface area contributed by atoms with Crippen LogP contribution in [0.5, 0.6) is 0 Å². The summed E-state index contributed by atoms with van der Waals surface area (Å²) < 4.78 is 52.3. The first-order valence-electron chi connectivity index (χ1n) is 41.2. The molecule has 0 spiro atoms. The van der Waals surface area contributed by atoms with Crippen molar-refractivity contribution in [3.8, 4) is 0 Å². The molecular formula is C111H177F4N5O2S. The molecule has 0 aliphatic carbocycles. The van der Waals surface area contributed by atoms with Crippen molar-refractivity contribution in [2.24, 2.45) is 0 Å². The van der Waals surface area contributed by atoms with Crippen molar-refractivity contribution in [2.45, 2.75) is 389 Å². The van der Waals surface area contributed by atoms with Crippen molar-refractivity contribution in [1.29, 1.82) is 0 Å². The van der Waals surface area contributed by atoms with Gasteiger partial charge in [-0.3, -0.25) is 19.9 Å². The second kappa shape index (κ2) is 54.8. The highest BCUT2D eigenvalue weighted by atomic mass is 32.1. The van der Waals surface area contributed by atoms with Crippen LogP contribution in [0.4, 0.5) is 17.6 Å². The normalized spacial score (nSPS) is 11.1. The van der Waals surface area contributed by atoms with Crippen molar-refractivity contribution >= 4 is 11.3 Å². The summed E-state index contributed by atoms with van der Waals surface area (Å²) in [4.78, 5) is 21.5. The van der Waals surface area contributed by atoms with E-state index in [4.69, 9.17) is 10.2 Å². The molecule has 5 aromatic carbocycles. The van der Waals surface area contributed by atoms with E-state index >= 15 is 0 Å². The summed E-state index contributed by atoms with van der Waals surface area (Å²) in [7, 11) is 0. The van der Waals surface area contributed by atoms with E-state index in [-0.39, 0.29) is 124 Å². The minimum absolute atomic E-state index is 0. The number of alkyl halides is 1. The smallest absolute Gasteiger partial charge is 0.129 e. The van der Waals surface area contributed by atoms with Gasteiger partial charge in [0, 0.05) is 86.0 Å². The standard InChI is InChI=1S/C12H16F2.C12H17FO.C12H18O.C11H15F.4C10H15N.C10H14.C8H13NS.6CH4/c1-8-5-9(12(2,3)4)6-11(14)10(8)7-13;1-8-5-9(12(2,3)4)6-11(13)10(8)7-14;1-9-7-11(12(2,3)4)6-5-10(9)8-13;1-8-5-9(11(2,3)4)7-10(12)6-8;1-8-5-9(7-11-6-8)10(2,3)4;1-8-7-9(5-6-11-8)10(2,3)4;1-8-5-6-11-9(7-8)10(2,3)4;1-8-6-5-7-9(11-8)10(2,3)4;1-8(2)10-6-4-5-9(3)7-10;1-6-5-10-7(9-6)8(2,3)4;;;;;;/h5-6H,7H2,1-4H3;5-6,14H,7H2,1-4H3;5-7,13H,8H2,1-4H3;5-7H,1-4H3;4*5-7H,1-4H3;4-8H,1-3H3;5H,1-4H3;6*1H4. The number of aliphatic hydroxyl groups excluding tert-OH is 2. The van der Waals surface area contributed by atoms with E-state index in [2.05, 4.69) is 283 Å². The molecule has 5 heterocycles. The van der Waals surface area contributed by atoms with Gasteiger partial charge in [-0.2, -0.15) is 0 Å². The summed E-state index contributed by atoms with van der Waals surface area (Å²) in [5, 5.41) is 21.3. The Kier molecular flexibility index (Phi) is 56.0. The molecule has 0 aliphatic heterocycles. The molecule has 0 atom stereocenters. The first-order valence-corrected chi connectivity index (χ1v) is 42.1. The fraction of sp³-hybridized carbons (Fsp3) is 0.523. The van der Waals surface area contributed by atoms with E-state index in [0.29, 0.717) is 17.0 Å². The van der Waals surface area contributed by atoms with Gasteiger partial charge in [0.2, 0.25) is 0 Å². The number of hydrogen-bond donors (Lipinski definition) is 2. The maximum Gasteiger partial charge on any atom is 0.129 e. The molecule has 0 saturated carbocycles. The molecule has 12 heteroatoms. The monoisotopic (exact) mass is 1720 g/mol. The Morgan fingerprint density at radius 3 is 1.10 bits per heavy atom. The van der Waals surface area contributed by atoms with E-state index < -0.39 is 12.5 Å². The number of nitrogens with zero attached hydrogens (tertiary/aromatic N) is 5. The molecule has 0 aliphatic rings. The zero-order valence-electron chi connectivity index (χ0n) is 79.8. The number of aromatic nitrogens is 5. The van der Waals surface area contributed by atoms with Crippen LogP contribution in [-0.4, -0.2) is 35.1 Å². The molecule has 2 N–H and O–H groups in total. The van der Waals surface area contributed by atoms with Crippen LogP contribution < -0.4 is 0 Å². The highest BCUT2D eigenvalue weighted by Crippen LogP contribution is 2.32. The van der Waals surface area contributed by atoms with Crippen LogP contribution in [0.1, 0.15) is 379 Å². The average molecular weight is 1720 g/mol. The summed E-state index contributed by atoms with van der Waals surface area (Å²) in [6.07, 6.45) is 7.56. The minimum Gasteiger partial charge on any atom is -0.392 e. The Labute approximate surface area is 757 Å². The Hall–Kier alpha value is -8.03. The zero-order valence-corrected chi connectivity index (χ0v) is 80.7. The van der Waals surface area contributed by atoms with Gasteiger partial charge in [-0.05, 0) is 246 Å². The van der Waals surface area contributed by atoms with E-state index in [9.17, 15) is 17.6 Å². The lowest BCUT2D eigenvalue weighted by molar-refractivity contribution is 0.274. The van der Waals surface area contributed by atoms with Crippen molar-refractivity contribution in [1.82, 2.24) is 24.9 Å². The van der Waals surface area contributed by atoms with Crippen LogP contribution in [0, 0.1) is 86.7 Å². The number of aliphatic hydroxyl groups is 2. The molecule has 0 unspecified atom stereocenters. The second-order valence-electron chi connectivity index (χ2n) is 40.5. The third kappa shape index (κ3) is 48.3. The van der Waals surface area contributed by atoms with Crippen LogP contribution in [0.15, 0.2) is 164 Å². The fourth-order valence-electron chi connectivity index (χ4n) is 10.9. The van der Waals surface area contributed by atoms with Crippen molar-refractivity contribution in [2.75, 3.05) is 0 Å². The van der Waals surface area contributed by atoms with Gasteiger partial charge in [0.25, 0.3) is 0 Å². The summed E-state index contributed by atoms with van der Waals surface area (Å²) in [5.74, 6) is -0.227. The van der Waals surface area contributed by atoms with Crippen LogP contribution >= 0.6 is 11.3 Å². The number of benzene rings is 5. The molecule has 10 aromatic rings. The molecule has 123 heavy (non-hydrogen) atoms. The van der Waals surface area contributed by atoms with Gasteiger partial charge in [-0.25, -0.2) is 22.5 Å². The molecule has 0 saturated heterocycles. The molecule has 0 amide bonds. The second-order valence-corrected chi connectivity index (χ2v) is 41.4. The van der Waals surface area contributed by atoms with E-state index in [1.165, 1.54) is 61.6 Å². The molecular weight excluding hydrogens is 1540 g/mol. The summed E-state index contributed by atoms with van der Waals surface area (Å²) in [5.41, 5.74) is 24.2. The van der Waals surface area contributed by atoms with E-state index in [1.54, 1.807) is 30.4 Å². The van der Waals surface area contributed by atoms with Crippen molar-refractivity contribution in [3.63, 3.8) is 0 Å². The molecule has 5 aromatic heterocycles. The summed E-state index contributed by atoms with van der Waals surface area (Å²) in [6, 6.07) is 43.6. The topological polar surface area (TPSA) is 105 Å². The van der Waals surface area contributed by atoms with Crippen molar-refractivity contribution < 1.29 is 27.8 Å². The number of aryl methyl sites for hydroxylation is 10.